The molecule has 0 bridgehead atoms. The minimum atomic E-state index is -0.318. The van der Waals surface area contributed by atoms with E-state index >= 15 is 0 Å². The summed E-state index contributed by atoms with van der Waals surface area (Å²) in [6.45, 7) is 11.3. The summed E-state index contributed by atoms with van der Waals surface area (Å²) in [5.74, 6) is 0.698. The highest BCUT2D eigenvalue weighted by atomic mass is 16.5. The summed E-state index contributed by atoms with van der Waals surface area (Å²) in [6, 6.07) is 0. The van der Waals surface area contributed by atoms with E-state index in [9.17, 15) is 4.79 Å². The van der Waals surface area contributed by atoms with Crippen molar-refractivity contribution in [3.63, 3.8) is 0 Å². The SMILES string of the molecule is C=C1COC(=O)C12CCC(C(C)(C)C)CC2. The molecule has 0 radical (unpaired) electrons. The van der Waals surface area contributed by atoms with Crippen LogP contribution < -0.4 is 0 Å². The van der Waals surface area contributed by atoms with E-state index in [2.05, 4.69) is 27.4 Å². The number of cyclic esters (lactones) is 1. The van der Waals surface area contributed by atoms with E-state index in [0.717, 1.165) is 37.2 Å². The normalized spacial score (nSPS) is 35.6. The second-order valence-corrected chi connectivity index (χ2v) is 6.40. The Morgan fingerprint density at radius 2 is 1.88 bits per heavy atom. The van der Waals surface area contributed by atoms with Crippen LogP contribution in [0.5, 0.6) is 0 Å². The Morgan fingerprint density at radius 3 is 2.25 bits per heavy atom. The molecule has 2 nitrogen and oxygen atoms in total. The van der Waals surface area contributed by atoms with Gasteiger partial charge in [-0.3, -0.25) is 4.79 Å². The monoisotopic (exact) mass is 222 g/mol. The predicted molar refractivity (Wildman–Crippen MR) is 63.9 cm³/mol. The average Bonchev–Trinajstić information content (AvgIpc) is 2.47. The number of rotatable bonds is 0. The van der Waals surface area contributed by atoms with Crippen LogP contribution in [0.1, 0.15) is 46.5 Å². The number of carbonyl (C=O) groups is 1. The maximum absolute atomic E-state index is 11.8. The molecule has 0 unspecified atom stereocenters. The maximum Gasteiger partial charge on any atom is 0.316 e. The van der Waals surface area contributed by atoms with Crippen molar-refractivity contribution >= 4 is 5.97 Å². The lowest BCUT2D eigenvalue weighted by Gasteiger charge is -2.40. The molecule has 1 saturated carbocycles. The molecule has 0 aromatic carbocycles. The second kappa shape index (κ2) is 3.61. The van der Waals surface area contributed by atoms with E-state index in [0.29, 0.717) is 12.0 Å². The molecule has 16 heavy (non-hydrogen) atoms. The molecule has 2 fully saturated rings. The molecule has 0 amide bonds. The highest BCUT2D eigenvalue weighted by Gasteiger charge is 2.50. The fraction of sp³-hybridized carbons (Fsp3) is 0.786. The van der Waals surface area contributed by atoms with Crippen LogP contribution in [-0.4, -0.2) is 12.6 Å². The second-order valence-electron chi connectivity index (χ2n) is 6.40. The first-order chi connectivity index (χ1) is 7.36. The Kier molecular flexibility index (Phi) is 2.64. The van der Waals surface area contributed by atoms with Gasteiger partial charge in [-0.05, 0) is 42.6 Å². The Hall–Kier alpha value is -0.790. The van der Waals surface area contributed by atoms with E-state index in [1.807, 2.05) is 0 Å². The molecular weight excluding hydrogens is 200 g/mol. The molecule has 1 saturated heterocycles. The van der Waals surface area contributed by atoms with Gasteiger partial charge in [-0.15, -0.1) is 0 Å². The minimum absolute atomic E-state index is 0.0233. The fourth-order valence-corrected chi connectivity index (χ4v) is 3.11. The zero-order chi connectivity index (χ0) is 12.0. The molecular formula is C14H22O2. The molecule has 0 N–H and O–H groups in total. The van der Waals surface area contributed by atoms with Gasteiger partial charge in [-0.25, -0.2) is 0 Å². The minimum Gasteiger partial charge on any atom is -0.460 e. The first kappa shape index (κ1) is 11.7. The van der Waals surface area contributed by atoms with Gasteiger partial charge >= 0.3 is 5.97 Å². The lowest BCUT2D eigenvalue weighted by molar-refractivity contribution is -0.148. The van der Waals surface area contributed by atoms with Crippen LogP contribution in [0.15, 0.2) is 12.2 Å². The molecule has 2 aliphatic rings. The van der Waals surface area contributed by atoms with Crippen molar-refractivity contribution in [1.82, 2.24) is 0 Å². The molecule has 1 aliphatic carbocycles. The summed E-state index contributed by atoms with van der Waals surface area (Å²) in [7, 11) is 0. The maximum atomic E-state index is 11.8. The number of esters is 1. The summed E-state index contributed by atoms with van der Waals surface area (Å²) in [6.07, 6.45) is 4.12. The molecule has 2 rings (SSSR count). The van der Waals surface area contributed by atoms with E-state index < -0.39 is 0 Å². The highest BCUT2D eigenvalue weighted by Crippen LogP contribution is 2.51. The molecule has 0 aromatic heterocycles. The quantitative estimate of drug-likeness (QED) is 0.464. The third kappa shape index (κ3) is 1.68. The van der Waals surface area contributed by atoms with Gasteiger partial charge in [-0.2, -0.15) is 0 Å². The largest absolute Gasteiger partial charge is 0.460 e. The average molecular weight is 222 g/mol. The van der Waals surface area contributed by atoms with Crippen molar-refractivity contribution in [2.24, 2.45) is 16.7 Å². The van der Waals surface area contributed by atoms with Gasteiger partial charge in [-0.1, -0.05) is 27.4 Å². The summed E-state index contributed by atoms with van der Waals surface area (Å²) in [5, 5.41) is 0. The third-order valence-corrected chi connectivity index (χ3v) is 4.51. The van der Waals surface area contributed by atoms with E-state index in [-0.39, 0.29) is 11.4 Å². The van der Waals surface area contributed by atoms with Gasteiger partial charge in [0.1, 0.15) is 6.61 Å². The smallest absolute Gasteiger partial charge is 0.316 e. The van der Waals surface area contributed by atoms with Crippen LogP contribution in [0.3, 0.4) is 0 Å². The van der Waals surface area contributed by atoms with Crippen molar-refractivity contribution in [2.45, 2.75) is 46.5 Å². The van der Waals surface area contributed by atoms with Crippen LogP contribution >= 0.6 is 0 Å². The first-order valence-corrected chi connectivity index (χ1v) is 6.22. The first-order valence-electron chi connectivity index (χ1n) is 6.22. The molecule has 1 heterocycles. The Balaban J connectivity index is 2.10. The number of carbonyl (C=O) groups excluding carboxylic acids is 1. The lowest BCUT2D eigenvalue weighted by Crippen LogP contribution is -2.36. The number of hydrogen-bond acceptors (Lipinski definition) is 2. The molecule has 1 aliphatic heterocycles. The van der Waals surface area contributed by atoms with Crippen molar-refractivity contribution in [3.05, 3.63) is 12.2 Å². The highest BCUT2D eigenvalue weighted by molar-refractivity contribution is 5.83. The van der Waals surface area contributed by atoms with E-state index in [1.165, 1.54) is 0 Å². The molecule has 90 valence electrons. The van der Waals surface area contributed by atoms with Crippen molar-refractivity contribution in [3.8, 4) is 0 Å². The van der Waals surface area contributed by atoms with Crippen LogP contribution in [0, 0.1) is 16.7 Å². The zero-order valence-electron chi connectivity index (χ0n) is 10.6. The van der Waals surface area contributed by atoms with Gasteiger partial charge in [0.15, 0.2) is 0 Å². The Bertz CT molecular complexity index is 296. The van der Waals surface area contributed by atoms with Gasteiger partial charge in [0.2, 0.25) is 0 Å². The van der Waals surface area contributed by atoms with E-state index in [1.54, 1.807) is 0 Å². The van der Waals surface area contributed by atoms with Gasteiger partial charge in [0.05, 0.1) is 5.41 Å². The summed E-state index contributed by atoms with van der Waals surface area (Å²) in [4.78, 5) is 11.8. The topological polar surface area (TPSA) is 26.3 Å². The van der Waals surface area contributed by atoms with Crippen molar-refractivity contribution in [1.29, 1.82) is 0 Å². The lowest BCUT2D eigenvalue weighted by atomic mass is 9.62. The number of ether oxygens (including phenoxy) is 1. The van der Waals surface area contributed by atoms with Crippen LogP contribution in [0.25, 0.3) is 0 Å². The third-order valence-electron chi connectivity index (χ3n) is 4.51. The Morgan fingerprint density at radius 1 is 1.31 bits per heavy atom. The Labute approximate surface area is 98.1 Å². The summed E-state index contributed by atoms with van der Waals surface area (Å²) in [5.41, 5.74) is 1.04. The van der Waals surface area contributed by atoms with Gasteiger partial charge < -0.3 is 4.74 Å². The van der Waals surface area contributed by atoms with E-state index in [4.69, 9.17) is 4.74 Å². The summed E-state index contributed by atoms with van der Waals surface area (Å²) >= 11 is 0. The fourth-order valence-electron chi connectivity index (χ4n) is 3.11. The zero-order valence-corrected chi connectivity index (χ0v) is 10.6. The van der Waals surface area contributed by atoms with Crippen molar-refractivity contribution in [2.75, 3.05) is 6.61 Å². The number of hydrogen-bond donors (Lipinski definition) is 0. The molecule has 1 spiro atoms. The van der Waals surface area contributed by atoms with Crippen molar-refractivity contribution < 1.29 is 9.53 Å². The van der Waals surface area contributed by atoms with Crippen LogP contribution in [-0.2, 0) is 9.53 Å². The summed E-state index contributed by atoms with van der Waals surface area (Å²) < 4.78 is 5.14. The molecule has 2 heteroatoms. The van der Waals surface area contributed by atoms with Crippen LogP contribution in [0.2, 0.25) is 0 Å². The molecule has 0 aromatic rings. The van der Waals surface area contributed by atoms with Gasteiger partial charge in [0, 0.05) is 0 Å². The van der Waals surface area contributed by atoms with Gasteiger partial charge in [0.25, 0.3) is 0 Å². The molecule has 0 atom stereocenters. The predicted octanol–water partition coefficient (Wildman–Crippen LogP) is 3.32. The van der Waals surface area contributed by atoms with Crippen LogP contribution in [0.4, 0.5) is 0 Å². The standard InChI is InChI=1S/C14H22O2/c1-10-9-16-12(15)14(10)7-5-11(6-8-14)13(2,3)4/h11H,1,5-9H2,2-4H3.